The van der Waals surface area contributed by atoms with Crippen LogP contribution < -0.4 is 10.1 Å². The lowest BCUT2D eigenvalue weighted by molar-refractivity contribution is -0.132. The van der Waals surface area contributed by atoms with E-state index < -0.39 is 11.8 Å². The highest BCUT2D eigenvalue weighted by Crippen LogP contribution is 2.18. The van der Waals surface area contributed by atoms with Crippen molar-refractivity contribution in [2.75, 3.05) is 6.54 Å². The number of carbonyl (C=O) groups is 2. The molecule has 0 aliphatic rings. The molecular weight excluding hydrogens is 237 g/mol. The Labute approximate surface area is 106 Å². The lowest BCUT2D eigenvalue weighted by atomic mass is 10.2. The predicted octanol–water partition coefficient (Wildman–Crippen LogP) is 2.53. The number of esters is 1. The molecule has 0 aromatic heterocycles. The molecule has 0 heterocycles. The van der Waals surface area contributed by atoms with Crippen molar-refractivity contribution in [2.24, 2.45) is 0 Å². The fourth-order valence-corrected chi connectivity index (χ4v) is 1.14. The average Bonchev–Trinajstić information content (AvgIpc) is 2.34. The van der Waals surface area contributed by atoms with E-state index in [0.717, 1.165) is 6.07 Å². The third-order valence-electron chi connectivity index (χ3n) is 1.79. The molecule has 0 radical (unpaired) electrons. The van der Waals surface area contributed by atoms with Crippen molar-refractivity contribution >= 4 is 11.9 Å². The quantitative estimate of drug-likeness (QED) is 0.667. The first kappa shape index (κ1) is 16.1. The van der Waals surface area contributed by atoms with Gasteiger partial charge in [-0.3, -0.25) is 9.59 Å². The summed E-state index contributed by atoms with van der Waals surface area (Å²) < 4.78 is 17.9. The minimum atomic E-state index is -0.737. The van der Waals surface area contributed by atoms with E-state index in [0.29, 0.717) is 6.54 Å². The first-order chi connectivity index (χ1) is 8.54. The molecule has 5 heteroatoms. The average molecular weight is 255 g/mol. The monoisotopic (exact) mass is 255 g/mol. The molecule has 1 rings (SSSR count). The van der Waals surface area contributed by atoms with Crippen LogP contribution in [0.1, 0.15) is 38.1 Å². The van der Waals surface area contributed by atoms with E-state index in [-0.39, 0.29) is 17.2 Å². The smallest absolute Gasteiger partial charge is 0.308 e. The van der Waals surface area contributed by atoms with Crippen LogP contribution in [0.15, 0.2) is 18.2 Å². The van der Waals surface area contributed by atoms with Gasteiger partial charge in [0, 0.05) is 19.0 Å². The van der Waals surface area contributed by atoms with E-state index in [1.54, 1.807) is 6.92 Å². The van der Waals surface area contributed by atoms with Crippen LogP contribution in [-0.2, 0) is 4.79 Å². The Kier molecular flexibility index (Phi) is 7.35. The van der Waals surface area contributed by atoms with Gasteiger partial charge in [-0.1, -0.05) is 13.8 Å². The fourth-order valence-electron chi connectivity index (χ4n) is 1.14. The van der Waals surface area contributed by atoms with Crippen molar-refractivity contribution < 1.29 is 18.7 Å². The minimum Gasteiger partial charge on any atom is -0.424 e. The van der Waals surface area contributed by atoms with E-state index in [9.17, 15) is 14.0 Å². The summed E-state index contributed by atoms with van der Waals surface area (Å²) >= 11 is 0. The first-order valence-corrected chi connectivity index (χ1v) is 5.80. The van der Waals surface area contributed by atoms with Gasteiger partial charge in [0.15, 0.2) is 11.6 Å². The molecule has 0 atom stereocenters. The Morgan fingerprint density at radius 2 is 1.94 bits per heavy atom. The SMILES string of the molecule is CC.CCNC(=O)c1ccc(OC(C)=O)c(F)c1. The molecule has 0 aliphatic carbocycles. The van der Waals surface area contributed by atoms with Gasteiger partial charge in [0.1, 0.15) is 0 Å². The predicted molar refractivity (Wildman–Crippen MR) is 67.1 cm³/mol. The zero-order valence-electron chi connectivity index (χ0n) is 11.0. The maximum Gasteiger partial charge on any atom is 0.308 e. The minimum absolute atomic E-state index is 0.180. The van der Waals surface area contributed by atoms with Crippen LogP contribution in [0.2, 0.25) is 0 Å². The Morgan fingerprint density at radius 3 is 2.39 bits per heavy atom. The summed E-state index contributed by atoms with van der Waals surface area (Å²) in [5.41, 5.74) is 0.190. The van der Waals surface area contributed by atoms with Crippen LogP contribution in [-0.4, -0.2) is 18.4 Å². The number of hydrogen-bond donors (Lipinski definition) is 1. The molecule has 100 valence electrons. The Balaban J connectivity index is 0.00000137. The standard InChI is InChI=1S/C11H12FNO3.C2H6/c1-3-13-11(15)8-4-5-10(9(12)6-8)16-7(2)14;1-2/h4-6H,3H2,1-2H3,(H,13,15);1-2H3. The maximum atomic E-state index is 13.4. The van der Waals surface area contributed by atoms with E-state index in [1.807, 2.05) is 13.8 Å². The van der Waals surface area contributed by atoms with Gasteiger partial charge >= 0.3 is 5.97 Å². The second-order valence-electron chi connectivity index (χ2n) is 3.10. The molecule has 0 saturated carbocycles. The molecule has 0 unspecified atom stereocenters. The van der Waals surface area contributed by atoms with Gasteiger partial charge in [-0.15, -0.1) is 0 Å². The molecule has 1 N–H and O–H groups in total. The van der Waals surface area contributed by atoms with Crippen LogP contribution >= 0.6 is 0 Å². The van der Waals surface area contributed by atoms with Crippen LogP contribution in [0.25, 0.3) is 0 Å². The van der Waals surface area contributed by atoms with Crippen molar-refractivity contribution in [3.63, 3.8) is 0 Å². The van der Waals surface area contributed by atoms with Gasteiger partial charge in [-0.05, 0) is 25.1 Å². The highest BCUT2D eigenvalue weighted by atomic mass is 19.1. The third kappa shape index (κ3) is 4.95. The maximum absolute atomic E-state index is 13.4. The molecule has 4 nitrogen and oxygen atoms in total. The molecular formula is C13H18FNO3. The number of nitrogens with one attached hydrogen (secondary N) is 1. The van der Waals surface area contributed by atoms with Crippen molar-refractivity contribution in [1.29, 1.82) is 0 Å². The fraction of sp³-hybridized carbons (Fsp3) is 0.385. The summed E-state index contributed by atoms with van der Waals surface area (Å²) in [4.78, 5) is 22.0. The Morgan fingerprint density at radius 1 is 1.33 bits per heavy atom. The molecule has 0 fully saturated rings. The van der Waals surface area contributed by atoms with Gasteiger partial charge in [0.2, 0.25) is 0 Å². The lowest BCUT2D eigenvalue weighted by Gasteiger charge is -2.05. The van der Waals surface area contributed by atoms with E-state index in [2.05, 4.69) is 10.1 Å². The highest BCUT2D eigenvalue weighted by Gasteiger charge is 2.10. The second kappa shape index (κ2) is 8.22. The second-order valence-corrected chi connectivity index (χ2v) is 3.10. The van der Waals surface area contributed by atoms with Gasteiger partial charge in [-0.2, -0.15) is 0 Å². The van der Waals surface area contributed by atoms with Crippen LogP contribution in [0, 0.1) is 5.82 Å². The van der Waals surface area contributed by atoms with Crippen molar-refractivity contribution in [1.82, 2.24) is 5.32 Å². The number of carbonyl (C=O) groups excluding carboxylic acids is 2. The normalized spacial score (nSPS) is 8.94. The summed E-state index contributed by atoms with van der Waals surface area (Å²) in [6.45, 7) is 7.41. The molecule has 1 aromatic carbocycles. The summed E-state index contributed by atoms with van der Waals surface area (Å²) in [6.07, 6.45) is 0. The molecule has 1 aromatic rings. The Hall–Kier alpha value is -1.91. The Bertz CT molecular complexity index is 419. The summed E-state index contributed by atoms with van der Waals surface area (Å²) in [5, 5.41) is 2.54. The van der Waals surface area contributed by atoms with Gasteiger partial charge < -0.3 is 10.1 Å². The largest absolute Gasteiger partial charge is 0.424 e. The number of hydrogen-bond acceptors (Lipinski definition) is 3. The van der Waals surface area contributed by atoms with E-state index in [1.165, 1.54) is 19.1 Å². The van der Waals surface area contributed by atoms with Gasteiger partial charge in [0.05, 0.1) is 0 Å². The molecule has 18 heavy (non-hydrogen) atoms. The molecule has 0 spiro atoms. The van der Waals surface area contributed by atoms with Gasteiger partial charge in [0.25, 0.3) is 5.91 Å². The molecule has 1 amide bonds. The summed E-state index contributed by atoms with van der Waals surface area (Å²) in [7, 11) is 0. The van der Waals surface area contributed by atoms with E-state index in [4.69, 9.17) is 0 Å². The molecule has 0 bridgehead atoms. The number of rotatable bonds is 3. The van der Waals surface area contributed by atoms with Crippen molar-refractivity contribution in [2.45, 2.75) is 27.7 Å². The zero-order chi connectivity index (χ0) is 14.1. The van der Waals surface area contributed by atoms with Crippen LogP contribution in [0.3, 0.4) is 0 Å². The third-order valence-corrected chi connectivity index (χ3v) is 1.79. The summed E-state index contributed by atoms with van der Waals surface area (Å²) in [6, 6.07) is 3.68. The topological polar surface area (TPSA) is 55.4 Å². The number of halogens is 1. The van der Waals surface area contributed by atoms with Crippen molar-refractivity contribution in [3.05, 3.63) is 29.6 Å². The highest BCUT2D eigenvalue weighted by molar-refractivity contribution is 5.94. The summed E-state index contributed by atoms with van der Waals surface area (Å²) in [5.74, 6) is -1.89. The number of amides is 1. The van der Waals surface area contributed by atoms with Crippen molar-refractivity contribution in [3.8, 4) is 5.75 Å². The van der Waals surface area contributed by atoms with Crippen LogP contribution in [0.5, 0.6) is 5.75 Å². The lowest BCUT2D eigenvalue weighted by Crippen LogP contribution is -2.22. The first-order valence-electron chi connectivity index (χ1n) is 5.80. The number of ether oxygens (including phenoxy) is 1. The van der Waals surface area contributed by atoms with Gasteiger partial charge in [-0.25, -0.2) is 4.39 Å². The van der Waals surface area contributed by atoms with Crippen LogP contribution in [0.4, 0.5) is 4.39 Å². The zero-order valence-corrected chi connectivity index (χ0v) is 11.0. The molecule has 0 saturated heterocycles. The number of benzene rings is 1. The van der Waals surface area contributed by atoms with E-state index >= 15 is 0 Å². The molecule has 0 aliphatic heterocycles.